The molecule has 34 heavy (non-hydrogen) atoms. The molecule has 0 amide bonds. The van der Waals surface area contributed by atoms with Crippen molar-refractivity contribution in [2.24, 2.45) is 0 Å². The number of fused-ring (bicyclic) bond motifs is 1. The lowest BCUT2D eigenvalue weighted by Gasteiger charge is -2.28. The maximum Gasteiger partial charge on any atom is 0.338 e. The SMILES string of the molecule is CCCCOC(=O)C1=C(C)Nc2ncnn2C1c1ccc(OCc2ccc(Cl)cc2)c(OC)c1. The van der Waals surface area contributed by atoms with Crippen molar-refractivity contribution in [1.29, 1.82) is 0 Å². The van der Waals surface area contributed by atoms with Gasteiger partial charge in [0.1, 0.15) is 19.0 Å². The molecule has 0 aliphatic carbocycles. The summed E-state index contributed by atoms with van der Waals surface area (Å²) in [6, 6.07) is 12.5. The minimum absolute atomic E-state index is 0.363. The number of aromatic nitrogens is 3. The fourth-order valence-electron chi connectivity index (χ4n) is 3.77. The largest absolute Gasteiger partial charge is 0.493 e. The average Bonchev–Trinajstić information content (AvgIpc) is 3.31. The van der Waals surface area contributed by atoms with Gasteiger partial charge in [0.15, 0.2) is 11.5 Å². The Morgan fingerprint density at radius 3 is 2.71 bits per heavy atom. The van der Waals surface area contributed by atoms with Gasteiger partial charge in [0.25, 0.3) is 0 Å². The lowest BCUT2D eigenvalue weighted by Crippen LogP contribution is -2.29. The third kappa shape index (κ3) is 5.02. The van der Waals surface area contributed by atoms with Crippen LogP contribution in [0.5, 0.6) is 11.5 Å². The van der Waals surface area contributed by atoms with E-state index in [2.05, 4.69) is 15.4 Å². The summed E-state index contributed by atoms with van der Waals surface area (Å²) >= 11 is 5.96. The number of esters is 1. The number of nitrogens with zero attached hydrogens (tertiary/aromatic N) is 3. The molecule has 1 aromatic heterocycles. The van der Waals surface area contributed by atoms with Crippen molar-refractivity contribution < 1.29 is 19.0 Å². The van der Waals surface area contributed by atoms with Gasteiger partial charge in [0.2, 0.25) is 5.95 Å². The van der Waals surface area contributed by atoms with Crippen LogP contribution in [0.25, 0.3) is 0 Å². The molecule has 8 nitrogen and oxygen atoms in total. The van der Waals surface area contributed by atoms with Crippen LogP contribution in [0, 0.1) is 0 Å². The van der Waals surface area contributed by atoms with Crippen molar-refractivity contribution in [3.05, 3.63) is 76.2 Å². The van der Waals surface area contributed by atoms with E-state index in [0.717, 1.165) is 24.0 Å². The summed E-state index contributed by atoms with van der Waals surface area (Å²) < 4.78 is 18.8. The van der Waals surface area contributed by atoms with Gasteiger partial charge in [0.05, 0.1) is 19.3 Å². The molecular weight excluding hydrogens is 456 g/mol. The molecule has 0 spiro atoms. The topological polar surface area (TPSA) is 87.5 Å². The molecule has 0 radical (unpaired) electrons. The molecule has 1 aliphatic heterocycles. The van der Waals surface area contributed by atoms with Crippen LogP contribution in [0.15, 0.2) is 60.1 Å². The van der Waals surface area contributed by atoms with E-state index >= 15 is 0 Å². The van der Waals surface area contributed by atoms with Gasteiger partial charge in [-0.2, -0.15) is 10.1 Å². The van der Waals surface area contributed by atoms with E-state index in [1.54, 1.807) is 11.8 Å². The first-order chi connectivity index (χ1) is 16.5. The molecule has 2 aromatic carbocycles. The average molecular weight is 483 g/mol. The Labute approximate surface area is 203 Å². The monoisotopic (exact) mass is 482 g/mol. The van der Waals surface area contributed by atoms with Gasteiger partial charge in [-0.15, -0.1) is 0 Å². The second kappa shape index (κ2) is 10.6. The van der Waals surface area contributed by atoms with Crippen LogP contribution in [0.1, 0.15) is 43.9 Å². The summed E-state index contributed by atoms with van der Waals surface area (Å²) in [5, 5.41) is 8.18. The van der Waals surface area contributed by atoms with E-state index in [1.807, 2.05) is 56.3 Å². The minimum atomic E-state index is -0.521. The quantitative estimate of drug-likeness (QED) is 0.333. The summed E-state index contributed by atoms with van der Waals surface area (Å²) in [4.78, 5) is 17.3. The highest BCUT2D eigenvalue weighted by Crippen LogP contribution is 2.39. The van der Waals surface area contributed by atoms with Crippen molar-refractivity contribution in [1.82, 2.24) is 14.8 Å². The number of hydrogen-bond donors (Lipinski definition) is 1. The summed E-state index contributed by atoms with van der Waals surface area (Å²) in [7, 11) is 1.58. The van der Waals surface area contributed by atoms with Crippen LogP contribution >= 0.6 is 11.6 Å². The van der Waals surface area contributed by atoms with Gasteiger partial charge in [-0.05, 0) is 48.7 Å². The molecule has 1 aliphatic rings. The Morgan fingerprint density at radius 2 is 1.97 bits per heavy atom. The number of benzene rings is 2. The maximum atomic E-state index is 13.1. The van der Waals surface area contributed by atoms with Gasteiger partial charge in [-0.1, -0.05) is 43.1 Å². The van der Waals surface area contributed by atoms with Gasteiger partial charge in [-0.3, -0.25) is 0 Å². The molecule has 9 heteroatoms. The van der Waals surface area contributed by atoms with Crippen molar-refractivity contribution in [3.8, 4) is 11.5 Å². The third-order valence-corrected chi connectivity index (χ3v) is 5.81. The summed E-state index contributed by atoms with van der Waals surface area (Å²) in [5.41, 5.74) is 2.93. The van der Waals surface area contributed by atoms with Crippen LogP contribution in [-0.4, -0.2) is 34.5 Å². The molecule has 1 N–H and O–H groups in total. The van der Waals surface area contributed by atoms with E-state index < -0.39 is 6.04 Å². The van der Waals surface area contributed by atoms with E-state index in [-0.39, 0.29) is 5.97 Å². The first-order valence-electron chi connectivity index (χ1n) is 11.1. The number of nitrogens with one attached hydrogen (secondary N) is 1. The number of halogens is 1. The number of anilines is 1. The van der Waals surface area contributed by atoms with Gasteiger partial charge >= 0.3 is 5.97 Å². The zero-order valence-corrected chi connectivity index (χ0v) is 20.1. The molecule has 0 fully saturated rings. The number of carbonyl (C=O) groups is 1. The number of ether oxygens (including phenoxy) is 3. The number of allylic oxidation sites excluding steroid dienone is 1. The second-order valence-corrected chi connectivity index (χ2v) is 8.35. The first kappa shape index (κ1) is 23.6. The van der Waals surface area contributed by atoms with Crippen LogP contribution in [0.2, 0.25) is 5.02 Å². The van der Waals surface area contributed by atoms with Crippen LogP contribution in [0.4, 0.5) is 5.95 Å². The molecule has 0 saturated carbocycles. The lowest BCUT2D eigenvalue weighted by atomic mass is 9.95. The molecule has 0 bridgehead atoms. The van der Waals surface area contributed by atoms with Crippen molar-refractivity contribution in [2.45, 2.75) is 39.3 Å². The number of rotatable bonds is 9. The number of methoxy groups -OCH3 is 1. The highest BCUT2D eigenvalue weighted by atomic mass is 35.5. The molecule has 178 valence electrons. The van der Waals surface area contributed by atoms with E-state index in [1.165, 1.54) is 6.33 Å². The van der Waals surface area contributed by atoms with Crippen molar-refractivity contribution in [3.63, 3.8) is 0 Å². The highest BCUT2D eigenvalue weighted by Gasteiger charge is 2.34. The van der Waals surface area contributed by atoms with Gasteiger partial charge in [-0.25, -0.2) is 9.48 Å². The minimum Gasteiger partial charge on any atom is -0.493 e. The predicted molar refractivity (Wildman–Crippen MR) is 129 cm³/mol. The molecule has 2 heterocycles. The highest BCUT2D eigenvalue weighted by molar-refractivity contribution is 6.30. The summed E-state index contributed by atoms with van der Waals surface area (Å²) in [5.74, 6) is 1.30. The van der Waals surface area contributed by atoms with Crippen molar-refractivity contribution in [2.75, 3.05) is 19.0 Å². The first-order valence-corrected chi connectivity index (χ1v) is 11.5. The number of carbonyl (C=O) groups excluding carboxylic acids is 1. The van der Waals surface area contributed by atoms with Crippen LogP contribution in [0.3, 0.4) is 0 Å². The number of unbranched alkanes of at least 4 members (excludes halogenated alkanes) is 1. The molecule has 4 rings (SSSR count). The molecular formula is C25H27ClN4O4. The van der Waals surface area contributed by atoms with E-state index in [4.69, 9.17) is 25.8 Å². The number of hydrogen-bond acceptors (Lipinski definition) is 7. The Kier molecular flexibility index (Phi) is 7.37. The van der Waals surface area contributed by atoms with Gasteiger partial charge < -0.3 is 19.5 Å². The Hall–Kier alpha value is -3.52. The van der Waals surface area contributed by atoms with Gasteiger partial charge in [0, 0.05) is 10.7 Å². The zero-order valence-electron chi connectivity index (χ0n) is 19.4. The zero-order chi connectivity index (χ0) is 24.1. The Bertz CT molecular complexity index is 1190. The third-order valence-electron chi connectivity index (χ3n) is 5.56. The van der Waals surface area contributed by atoms with Crippen LogP contribution in [-0.2, 0) is 16.1 Å². The molecule has 3 aromatic rings. The Balaban J connectivity index is 1.64. The fraction of sp³-hybridized carbons (Fsp3) is 0.320. The van der Waals surface area contributed by atoms with Crippen LogP contribution < -0.4 is 14.8 Å². The second-order valence-electron chi connectivity index (χ2n) is 7.91. The molecule has 0 saturated heterocycles. The van der Waals surface area contributed by atoms with E-state index in [0.29, 0.717) is 47.0 Å². The predicted octanol–water partition coefficient (Wildman–Crippen LogP) is 5.15. The molecule has 1 unspecified atom stereocenters. The maximum absolute atomic E-state index is 13.1. The Morgan fingerprint density at radius 1 is 1.18 bits per heavy atom. The fourth-order valence-corrected chi connectivity index (χ4v) is 3.89. The standard InChI is InChI=1S/C25H27ClN4O4/c1-4-5-12-33-24(31)22-16(2)29-25-27-15-28-30(25)23(22)18-8-11-20(21(13-18)32-3)34-14-17-6-9-19(26)10-7-17/h6-11,13,15,23H,4-5,12,14H2,1-3H3,(H,27,28,29). The molecule has 1 atom stereocenters. The summed E-state index contributed by atoms with van der Waals surface area (Å²) in [6.07, 6.45) is 3.20. The smallest absolute Gasteiger partial charge is 0.338 e. The normalized spacial score (nSPS) is 14.9. The van der Waals surface area contributed by atoms with Crippen molar-refractivity contribution >= 4 is 23.5 Å². The summed E-state index contributed by atoms with van der Waals surface area (Å²) in [6.45, 7) is 4.61. The van der Waals surface area contributed by atoms with E-state index in [9.17, 15) is 4.79 Å². The lowest BCUT2D eigenvalue weighted by molar-refractivity contribution is -0.139.